The van der Waals surface area contributed by atoms with Crippen LogP contribution in [0.15, 0.2) is 34.2 Å². The Labute approximate surface area is 176 Å². The van der Waals surface area contributed by atoms with Crippen molar-refractivity contribution >= 4 is 28.6 Å². The topological polar surface area (TPSA) is 67.7 Å². The van der Waals surface area contributed by atoms with Crippen LogP contribution in [0.5, 0.6) is 0 Å². The number of morpholine rings is 1. The van der Waals surface area contributed by atoms with Crippen molar-refractivity contribution in [3.63, 3.8) is 0 Å². The van der Waals surface area contributed by atoms with E-state index in [1.165, 1.54) is 11.8 Å². The first-order chi connectivity index (χ1) is 13.8. The van der Waals surface area contributed by atoms with E-state index >= 15 is 0 Å². The molecule has 2 heterocycles. The molecule has 0 bridgehead atoms. The molecule has 1 saturated heterocycles. The van der Waals surface area contributed by atoms with E-state index in [0.717, 1.165) is 13.0 Å². The number of carbonyl (C=O) groups is 1. The highest BCUT2D eigenvalue weighted by molar-refractivity contribution is 7.99. The van der Waals surface area contributed by atoms with Crippen LogP contribution < -0.4 is 5.56 Å². The van der Waals surface area contributed by atoms with Crippen LogP contribution >= 0.6 is 11.8 Å². The summed E-state index contributed by atoms with van der Waals surface area (Å²) in [6, 6.07) is 7.38. The average molecular weight is 419 g/mol. The molecule has 0 unspecified atom stereocenters. The third-order valence-corrected chi connectivity index (χ3v) is 5.87. The largest absolute Gasteiger partial charge is 0.372 e. The number of para-hydroxylation sites is 1. The Bertz CT molecular complexity index is 904. The number of thioether (sulfide) groups is 1. The van der Waals surface area contributed by atoms with E-state index in [2.05, 4.69) is 4.90 Å². The summed E-state index contributed by atoms with van der Waals surface area (Å²) < 4.78 is 7.43. The molecule has 158 valence electrons. The van der Waals surface area contributed by atoms with Gasteiger partial charge in [-0.3, -0.25) is 14.2 Å². The van der Waals surface area contributed by atoms with Crippen LogP contribution in [0.3, 0.4) is 0 Å². The minimum atomic E-state index is -0.0436. The van der Waals surface area contributed by atoms with E-state index in [1.54, 1.807) is 4.57 Å². The van der Waals surface area contributed by atoms with Gasteiger partial charge in [-0.2, -0.15) is 0 Å². The summed E-state index contributed by atoms with van der Waals surface area (Å²) in [5, 5.41) is 1.22. The van der Waals surface area contributed by atoms with Crippen LogP contribution in [0.1, 0.15) is 20.3 Å². The van der Waals surface area contributed by atoms with Crippen molar-refractivity contribution in [3.8, 4) is 0 Å². The second kappa shape index (κ2) is 9.73. The van der Waals surface area contributed by atoms with E-state index in [0.29, 0.717) is 35.7 Å². The predicted molar refractivity (Wildman–Crippen MR) is 116 cm³/mol. The second-order valence-corrected chi connectivity index (χ2v) is 8.81. The molecule has 2 atom stereocenters. The fraction of sp³-hybridized carbons (Fsp3) is 0.571. The first-order valence-electron chi connectivity index (χ1n) is 10.1. The van der Waals surface area contributed by atoms with Gasteiger partial charge in [0.25, 0.3) is 5.56 Å². The highest BCUT2D eigenvalue weighted by atomic mass is 32.2. The fourth-order valence-corrected chi connectivity index (χ4v) is 4.53. The highest BCUT2D eigenvalue weighted by Gasteiger charge is 2.26. The fourth-order valence-electron chi connectivity index (χ4n) is 3.60. The maximum atomic E-state index is 13.0. The van der Waals surface area contributed by atoms with Gasteiger partial charge in [0.2, 0.25) is 5.91 Å². The van der Waals surface area contributed by atoms with E-state index < -0.39 is 0 Å². The molecule has 1 aliphatic heterocycles. The number of hydrogen-bond donors (Lipinski definition) is 0. The van der Waals surface area contributed by atoms with Crippen molar-refractivity contribution in [2.24, 2.45) is 0 Å². The lowest BCUT2D eigenvalue weighted by atomic mass is 10.2. The Balaban J connectivity index is 1.79. The summed E-state index contributed by atoms with van der Waals surface area (Å²) in [5.41, 5.74) is 0.628. The number of aromatic nitrogens is 2. The standard InChI is InChI=1S/C21H30N4O3S/c1-15-12-24(13-16(2)28-15)19(26)14-29-21-22-18-9-6-5-8-17(18)20(27)25(21)11-7-10-23(3)4/h5-6,8-9,15-16H,7,10-14H2,1-4H3/t15-,16-/m0/s1. The molecular formula is C21H30N4O3S. The number of hydrogen-bond acceptors (Lipinski definition) is 6. The number of ether oxygens (including phenoxy) is 1. The molecule has 1 aromatic carbocycles. The van der Waals surface area contributed by atoms with Gasteiger partial charge >= 0.3 is 0 Å². The zero-order valence-electron chi connectivity index (χ0n) is 17.6. The molecule has 7 nitrogen and oxygen atoms in total. The van der Waals surface area contributed by atoms with Crippen LogP contribution in [-0.4, -0.2) is 76.9 Å². The van der Waals surface area contributed by atoms with Gasteiger partial charge in [0.05, 0.1) is 28.9 Å². The number of amides is 1. The molecule has 29 heavy (non-hydrogen) atoms. The summed E-state index contributed by atoms with van der Waals surface area (Å²) in [7, 11) is 4.03. The van der Waals surface area contributed by atoms with Gasteiger partial charge in [0, 0.05) is 19.6 Å². The van der Waals surface area contributed by atoms with E-state index in [9.17, 15) is 9.59 Å². The first-order valence-corrected chi connectivity index (χ1v) is 11.0. The van der Waals surface area contributed by atoms with Gasteiger partial charge in [0.1, 0.15) is 0 Å². The minimum Gasteiger partial charge on any atom is -0.372 e. The van der Waals surface area contributed by atoms with Crippen LogP contribution in [0.2, 0.25) is 0 Å². The summed E-state index contributed by atoms with van der Waals surface area (Å²) in [6.07, 6.45) is 0.916. The molecule has 0 aliphatic carbocycles. The summed E-state index contributed by atoms with van der Waals surface area (Å²) in [5.74, 6) is 0.317. The zero-order valence-corrected chi connectivity index (χ0v) is 18.4. The molecule has 0 N–H and O–H groups in total. The van der Waals surface area contributed by atoms with E-state index in [1.807, 2.05) is 57.1 Å². The Morgan fingerprint density at radius 1 is 1.24 bits per heavy atom. The van der Waals surface area contributed by atoms with Gasteiger partial charge in [0.15, 0.2) is 5.16 Å². The van der Waals surface area contributed by atoms with Crippen molar-refractivity contribution in [1.82, 2.24) is 19.4 Å². The third-order valence-electron chi connectivity index (χ3n) is 4.91. The molecule has 8 heteroatoms. The van der Waals surface area contributed by atoms with E-state index in [4.69, 9.17) is 9.72 Å². The molecule has 0 saturated carbocycles. The lowest BCUT2D eigenvalue weighted by Gasteiger charge is -2.35. The minimum absolute atomic E-state index is 0.0377. The molecular weight excluding hydrogens is 388 g/mol. The van der Waals surface area contributed by atoms with Crippen molar-refractivity contribution < 1.29 is 9.53 Å². The maximum Gasteiger partial charge on any atom is 0.262 e. The molecule has 3 rings (SSSR count). The lowest BCUT2D eigenvalue weighted by Crippen LogP contribution is -2.48. The average Bonchev–Trinajstić information content (AvgIpc) is 2.67. The molecule has 2 aromatic rings. The molecule has 0 spiro atoms. The number of nitrogens with zero attached hydrogens (tertiary/aromatic N) is 4. The number of fused-ring (bicyclic) bond motifs is 1. The lowest BCUT2D eigenvalue weighted by molar-refractivity contribution is -0.140. The maximum absolute atomic E-state index is 13.0. The SMILES string of the molecule is C[C@H]1CN(C(=O)CSc2nc3ccccc3c(=O)n2CCCN(C)C)C[C@H](C)O1. The van der Waals surface area contributed by atoms with Crippen LogP contribution in [0, 0.1) is 0 Å². The van der Waals surface area contributed by atoms with Crippen LogP contribution in [-0.2, 0) is 16.1 Å². The molecule has 1 aliphatic rings. The van der Waals surface area contributed by atoms with Gasteiger partial charge in [-0.25, -0.2) is 4.98 Å². The van der Waals surface area contributed by atoms with Crippen molar-refractivity contribution in [2.45, 2.75) is 44.2 Å². The van der Waals surface area contributed by atoms with E-state index in [-0.39, 0.29) is 29.4 Å². The quantitative estimate of drug-likeness (QED) is 0.507. The number of benzene rings is 1. The Morgan fingerprint density at radius 2 is 1.93 bits per heavy atom. The summed E-state index contributed by atoms with van der Waals surface area (Å²) in [4.78, 5) is 34.4. The van der Waals surface area contributed by atoms with Gasteiger partial charge < -0.3 is 14.5 Å². The first kappa shape index (κ1) is 21.8. The monoisotopic (exact) mass is 418 g/mol. The van der Waals surface area contributed by atoms with Crippen LogP contribution in [0.4, 0.5) is 0 Å². The third kappa shape index (κ3) is 5.58. The Kier molecular flexibility index (Phi) is 7.32. The second-order valence-electron chi connectivity index (χ2n) is 7.87. The molecule has 1 fully saturated rings. The molecule has 1 aromatic heterocycles. The molecule has 1 amide bonds. The smallest absolute Gasteiger partial charge is 0.262 e. The van der Waals surface area contributed by atoms with Crippen LogP contribution in [0.25, 0.3) is 10.9 Å². The Morgan fingerprint density at radius 3 is 2.62 bits per heavy atom. The van der Waals surface area contributed by atoms with Gasteiger partial charge in [-0.15, -0.1) is 0 Å². The van der Waals surface area contributed by atoms with Crippen molar-refractivity contribution in [3.05, 3.63) is 34.6 Å². The molecule has 0 radical (unpaired) electrons. The normalized spacial score (nSPS) is 19.8. The summed E-state index contributed by atoms with van der Waals surface area (Å²) in [6.45, 7) is 6.63. The highest BCUT2D eigenvalue weighted by Crippen LogP contribution is 2.20. The van der Waals surface area contributed by atoms with Gasteiger partial charge in [-0.1, -0.05) is 23.9 Å². The zero-order chi connectivity index (χ0) is 21.0. The van der Waals surface area contributed by atoms with Gasteiger partial charge in [-0.05, 0) is 53.0 Å². The van der Waals surface area contributed by atoms with Crippen molar-refractivity contribution in [2.75, 3.05) is 39.5 Å². The predicted octanol–water partition coefficient (Wildman–Crippen LogP) is 2.08. The Hall–Kier alpha value is -1.90. The number of rotatable bonds is 7. The summed E-state index contributed by atoms with van der Waals surface area (Å²) >= 11 is 1.35. The van der Waals surface area contributed by atoms with Crippen molar-refractivity contribution in [1.29, 1.82) is 0 Å². The number of carbonyl (C=O) groups excluding carboxylic acids is 1.